The van der Waals surface area contributed by atoms with Crippen LogP contribution in [0.5, 0.6) is 0 Å². The Morgan fingerprint density at radius 2 is 2.04 bits per heavy atom. The van der Waals surface area contributed by atoms with E-state index in [0.717, 1.165) is 0 Å². The first-order valence-corrected chi connectivity index (χ1v) is 7.37. The van der Waals surface area contributed by atoms with Crippen LogP contribution in [0, 0.1) is 10.1 Å². The number of carbonyl (C=O) groups is 1. The Bertz CT molecular complexity index is 910. The zero-order chi connectivity index (χ0) is 17.8. The Balaban J connectivity index is 1.78. The predicted octanol–water partition coefficient (Wildman–Crippen LogP) is 1.84. The van der Waals surface area contributed by atoms with Gasteiger partial charge in [-0.1, -0.05) is 18.2 Å². The molecule has 2 aromatic carbocycles. The minimum Gasteiger partial charge on any atom is -0.337 e. The molecule has 0 atom stereocenters. The van der Waals surface area contributed by atoms with Gasteiger partial charge in [-0.15, -0.1) is 5.10 Å². The Morgan fingerprint density at radius 3 is 2.76 bits per heavy atom. The van der Waals surface area contributed by atoms with Gasteiger partial charge in [0.2, 0.25) is 0 Å². The monoisotopic (exact) mass is 338 g/mol. The van der Waals surface area contributed by atoms with Gasteiger partial charge in [0.1, 0.15) is 6.33 Å². The summed E-state index contributed by atoms with van der Waals surface area (Å²) in [6, 6.07) is 13.1. The average Bonchev–Trinajstić information content (AvgIpc) is 3.16. The number of hydrogen-bond acceptors (Lipinski definition) is 6. The largest absolute Gasteiger partial charge is 0.337 e. The molecule has 0 unspecified atom stereocenters. The van der Waals surface area contributed by atoms with Crippen molar-refractivity contribution < 1.29 is 9.72 Å². The third-order valence-electron chi connectivity index (χ3n) is 3.59. The van der Waals surface area contributed by atoms with Crippen molar-refractivity contribution in [2.24, 2.45) is 0 Å². The molecule has 1 aromatic heterocycles. The fourth-order valence-electron chi connectivity index (χ4n) is 2.40. The van der Waals surface area contributed by atoms with E-state index < -0.39 is 4.92 Å². The van der Waals surface area contributed by atoms with Crippen molar-refractivity contribution in [1.29, 1.82) is 0 Å². The van der Waals surface area contributed by atoms with Crippen LogP contribution in [0.15, 0.2) is 54.9 Å². The Hall–Kier alpha value is -3.62. The highest BCUT2D eigenvalue weighted by Gasteiger charge is 2.14. The fourth-order valence-corrected chi connectivity index (χ4v) is 2.40. The van der Waals surface area contributed by atoms with Crippen LogP contribution in [0.25, 0.3) is 5.69 Å². The highest BCUT2D eigenvalue weighted by molar-refractivity contribution is 5.94. The molecule has 3 aromatic rings. The summed E-state index contributed by atoms with van der Waals surface area (Å²) < 4.78 is 1.46. The van der Waals surface area contributed by atoms with Crippen LogP contribution in [-0.2, 0) is 6.54 Å². The second-order valence-corrected chi connectivity index (χ2v) is 5.39. The van der Waals surface area contributed by atoms with Gasteiger partial charge in [0, 0.05) is 31.3 Å². The molecule has 0 spiro atoms. The summed E-state index contributed by atoms with van der Waals surface area (Å²) in [5, 5.41) is 21.8. The molecule has 1 amide bonds. The molecule has 3 rings (SSSR count). The summed E-state index contributed by atoms with van der Waals surface area (Å²) in [4.78, 5) is 24.5. The molecule has 0 N–H and O–H groups in total. The zero-order valence-electron chi connectivity index (χ0n) is 13.3. The highest BCUT2D eigenvalue weighted by Crippen LogP contribution is 2.16. The van der Waals surface area contributed by atoms with Gasteiger partial charge in [-0.2, -0.15) is 0 Å². The van der Waals surface area contributed by atoms with Gasteiger partial charge < -0.3 is 4.90 Å². The quantitative estimate of drug-likeness (QED) is 0.519. The summed E-state index contributed by atoms with van der Waals surface area (Å²) in [5.41, 5.74) is 1.82. The fraction of sp³-hybridized carbons (Fsp3) is 0.125. The van der Waals surface area contributed by atoms with Crippen molar-refractivity contribution in [2.45, 2.75) is 6.54 Å². The molecular weight excluding hydrogens is 324 g/mol. The number of nitro groups is 1. The molecule has 126 valence electrons. The number of carbonyl (C=O) groups excluding carboxylic acids is 1. The van der Waals surface area contributed by atoms with Crippen LogP contribution in [0.3, 0.4) is 0 Å². The molecule has 0 aliphatic heterocycles. The molecule has 9 nitrogen and oxygen atoms in total. The lowest BCUT2D eigenvalue weighted by Gasteiger charge is -2.17. The summed E-state index contributed by atoms with van der Waals surface area (Å²) in [5.74, 6) is -0.207. The number of rotatable bonds is 5. The minimum atomic E-state index is -0.457. The van der Waals surface area contributed by atoms with Gasteiger partial charge in [-0.3, -0.25) is 14.9 Å². The molecular formula is C16H14N6O3. The number of nitro benzene ring substituents is 1. The SMILES string of the molecule is CN(Cc1cccc([N+](=O)[O-])c1)C(=O)c1cccc(-n2cnnn2)c1. The van der Waals surface area contributed by atoms with Crippen molar-refractivity contribution in [1.82, 2.24) is 25.1 Å². The third-order valence-corrected chi connectivity index (χ3v) is 3.59. The lowest BCUT2D eigenvalue weighted by atomic mass is 10.1. The smallest absolute Gasteiger partial charge is 0.269 e. The number of aromatic nitrogens is 4. The van der Waals surface area contributed by atoms with Crippen LogP contribution in [0.1, 0.15) is 15.9 Å². The summed E-state index contributed by atoms with van der Waals surface area (Å²) in [6.07, 6.45) is 1.44. The molecule has 0 aliphatic rings. The molecule has 25 heavy (non-hydrogen) atoms. The number of hydrogen-bond donors (Lipinski definition) is 0. The lowest BCUT2D eigenvalue weighted by molar-refractivity contribution is -0.384. The van der Waals surface area contributed by atoms with Crippen LogP contribution in [-0.4, -0.2) is 43.0 Å². The van der Waals surface area contributed by atoms with Crippen molar-refractivity contribution in [2.75, 3.05) is 7.05 Å². The number of amides is 1. The summed E-state index contributed by atoms with van der Waals surface area (Å²) in [6.45, 7) is 0.260. The number of benzene rings is 2. The molecule has 9 heteroatoms. The normalized spacial score (nSPS) is 10.4. The Kier molecular flexibility index (Phi) is 4.46. The van der Waals surface area contributed by atoms with E-state index in [9.17, 15) is 14.9 Å². The van der Waals surface area contributed by atoms with E-state index in [2.05, 4.69) is 15.5 Å². The lowest BCUT2D eigenvalue weighted by Crippen LogP contribution is -2.26. The topological polar surface area (TPSA) is 107 Å². The molecule has 0 radical (unpaired) electrons. The van der Waals surface area contributed by atoms with E-state index in [-0.39, 0.29) is 18.1 Å². The molecule has 0 aliphatic carbocycles. The highest BCUT2D eigenvalue weighted by atomic mass is 16.6. The van der Waals surface area contributed by atoms with Gasteiger partial charge in [-0.05, 0) is 34.2 Å². The maximum absolute atomic E-state index is 12.6. The van der Waals surface area contributed by atoms with E-state index >= 15 is 0 Å². The first kappa shape index (κ1) is 16.2. The first-order chi connectivity index (χ1) is 12.0. The van der Waals surface area contributed by atoms with Crippen molar-refractivity contribution >= 4 is 11.6 Å². The average molecular weight is 338 g/mol. The van der Waals surface area contributed by atoms with Crippen molar-refractivity contribution in [3.63, 3.8) is 0 Å². The zero-order valence-corrected chi connectivity index (χ0v) is 13.3. The molecule has 0 fully saturated rings. The number of nitrogens with zero attached hydrogens (tertiary/aromatic N) is 6. The van der Waals surface area contributed by atoms with E-state index in [1.807, 2.05) is 0 Å². The van der Waals surface area contributed by atoms with Gasteiger partial charge in [-0.25, -0.2) is 4.68 Å². The van der Waals surface area contributed by atoms with E-state index in [1.54, 1.807) is 43.4 Å². The first-order valence-electron chi connectivity index (χ1n) is 7.37. The van der Waals surface area contributed by atoms with Gasteiger partial charge in [0.05, 0.1) is 10.6 Å². The van der Waals surface area contributed by atoms with Gasteiger partial charge >= 0.3 is 0 Å². The molecule has 0 saturated heterocycles. The van der Waals surface area contributed by atoms with Crippen LogP contribution < -0.4 is 0 Å². The van der Waals surface area contributed by atoms with E-state index in [1.165, 1.54) is 28.0 Å². The standard InChI is InChI=1S/C16H14N6O3/c1-20(10-12-4-2-7-15(8-12)22(24)25)16(23)13-5-3-6-14(9-13)21-11-17-18-19-21/h2-9,11H,10H2,1H3. The van der Waals surface area contributed by atoms with Crippen LogP contribution >= 0.6 is 0 Å². The van der Waals surface area contributed by atoms with Crippen molar-refractivity contribution in [3.05, 3.63) is 76.1 Å². The summed E-state index contributed by atoms with van der Waals surface area (Å²) >= 11 is 0. The molecule has 0 saturated carbocycles. The van der Waals surface area contributed by atoms with Crippen LogP contribution in [0.2, 0.25) is 0 Å². The number of tetrazole rings is 1. The number of non-ortho nitro benzene ring substituents is 1. The van der Waals surface area contributed by atoms with Crippen LogP contribution in [0.4, 0.5) is 5.69 Å². The second-order valence-electron chi connectivity index (χ2n) is 5.39. The Morgan fingerprint density at radius 1 is 1.24 bits per heavy atom. The van der Waals surface area contributed by atoms with E-state index in [4.69, 9.17) is 0 Å². The predicted molar refractivity (Wildman–Crippen MR) is 88.0 cm³/mol. The Labute approximate surface area is 142 Å². The minimum absolute atomic E-state index is 0.000900. The second kappa shape index (κ2) is 6.87. The van der Waals surface area contributed by atoms with E-state index in [0.29, 0.717) is 16.8 Å². The molecule has 1 heterocycles. The third kappa shape index (κ3) is 3.66. The van der Waals surface area contributed by atoms with Crippen molar-refractivity contribution in [3.8, 4) is 5.69 Å². The maximum atomic E-state index is 12.6. The molecule has 0 bridgehead atoms. The maximum Gasteiger partial charge on any atom is 0.269 e. The summed E-state index contributed by atoms with van der Waals surface area (Å²) in [7, 11) is 1.64. The van der Waals surface area contributed by atoms with Gasteiger partial charge in [0.15, 0.2) is 0 Å². The van der Waals surface area contributed by atoms with Gasteiger partial charge in [0.25, 0.3) is 11.6 Å².